The van der Waals surface area contributed by atoms with Crippen LogP contribution in [-0.4, -0.2) is 47.1 Å². The Morgan fingerprint density at radius 1 is 1.03 bits per heavy atom. The molecule has 1 saturated carbocycles. The fourth-order valence-electron chi connectivity index (χ4n) is 2.96. The minimum absolute atomic E-state index is 0.0616. The van der Waals surface area contributed by atoms with Crippen LogP contribution in [0.4, 0.5) is 8.78 Å². The molecule has 3 aromatic rings. The Kier molecular flexibility index (Phi) is 6.56. The zero-order valence-corrected chi connectivity index (χ0v) is 18.4. The lowest BCUT2D eigenvalue weighted by Gasteiger charge is -2.09. The highest BCUT2D eigenvalue weighted by Crippen LogP contribution is 2.40. The quantitative estimate of drug-likeness (QED) is 0.249. The first-order valence-corrected chi connectivity index (χ1v) is 12.4. The number of rotatable bonds is 10. The molecule has 1 heterocycles. The van der Waals surface area contributed by atoms with E-state index in [1.807, 2.05) is 0 Å². The molecule has 0 bridgehead atoms. The third-order valence-electron chi connectivity index (χ3n) is 4.80. The van der Waals surface area contributed by atoms with Crippen LogP contribution in [0.2, 0.25) is 0 Å². The maximum atomic E-state index is 13.0. The average Bonchev–Trinajstić information content (AvgIpc) is 3.53. The average molecular weight is 480 g/mol. The second kappa shape index (κ2) is 9.37. The van der Waals surface area contributed by atoms with Crippen molar-refractivity contribution in [3.05, 3.63) is 65.7 Å². The van der Waals surface area contributed by atoms with Crippen molar-refractivity contribution in [2.75, 3.05) is 18.1 Å². The van der Waals surface area contributed by atoms with Gasteiger partial charge in [0.15, 0.2) is 27.4 Å². The summed E-state index contributed by atoms with van der Waals surface area (Å²) >= 11 is 1.22. The van der Waals surface area contributed by atoms with Crippen molar-refractivity contribution in [2.24, 2.45) is 0 Å². The van der Waals surface area contributed by atoms with Crippen LogP contribution in [0.15, 0.2) is 58.6 Å². The lowest BCUT2D eigenvalue weighted by atomic mass is 10.1. The molecule has 4 rings (SSSR count). The molecule has 1 aromatic heterocycles. The number of carbonyl (C=O) groups is 1. The molecule has 0 N–H and O–H groups in total. The van der Waals surface area contributed by atoms with Gasteiger partial charge in [0.1, 0.15) is 11.6 Å². The second-order valence-corrected chi connectivity index (χ2v) is 10.4. The number of ether oxygens (including phenoxy) is 1. The van der Waals surface area contributed by atoms with Gasteiger partial charge in [0.2, 0.25) is 0 Å². The highest BCUT2D eigenvalue weighted by Gasteiger charge is 2.31. The minimum atomic E-state index is -3.56. The molecule has 1 aliphatic rings. The Labute approximate surface area is 187 Å². The topological polar surface area (TPSA) is 91.2 Å². The van der Waals surface area contributed by atoms with Crippen molar-refractivity contribution in [1.29, 1.82) is 0 Å². The summed E-state index contributed by atoms with van der Waals surface area (Å²) in [5, 5.41) is 8.60. The fourth-order valence-corrected chi connectivity index (χ4v) is 5.60. The van der Waals surface area contributed by atoms with Crippen LogP contribution in [0.3, 0.4) is 0 Å². The lowest BCUT2D eigenvalue weighted by molar-refractivity contribution is 0.0909. The third-order valence-corrected chi connectivity index (χ3v) is 7.74. The van der Waals surface area contributed by atoms with Crippen molar-refractivity contribution in [3.8, 4) is 6.01 Å². The SMILES string of the molecule is O=C(COc1nnc(SCCS(=O)(=O)c2ccc(F)cc2)n1C1CC1)c1ccc(F)cc1. The van der Waals surface area contributed by atoms with Gasteiger partial charge < -0.3 is 4.74 Å². The number of hydrogen-bond acceptors (Lipinski definition) is 7. The number of thioether (sulfide) groups is 1. The smallest absolute Gasteiger partial charge is 0.318 e. The minimum Gasteiger partial charge on any atom is -0.455 e. The number of Topliss-reactive ketones (excluding diaryl/α,β-unsaturated/α-hetero) is 1. The number of benzene rings is 2. The number of nitrogens with zero attached hydrogens (tertiary/aromatic N) is 3. The summed E-state index contributed by atoms with van der Waals surface area (Å²) in [6, 6.07) is 10.2. The molecule has 0 unspecified atom stereocenters. The standard InChI is InChI=1S/C21H19F2N3O4S2/c22-15-3-1-14(2-4-15)19(27)13-30-20-24-25-21(26(20)17-7-8-17)31-11-12-32(28,29)18-9-5-16(23)6-10-18/h1-6,9-10,17H,7-8,11-13H2. The molecule has 0 aliphatic heterocycles. The number of aromatic nitrogens is 3. The van der Waals surface area contributed by atoms with Gasteiger partial charge in [0, 0.05) is 17.4 Å². The summed E-state index contributed by atoms with van der Waals surface area (Å²) in [6.45, 7) is -0.278. The van der Waals surface area contributed by atoms with Gasteiger partial charge in [0.05, 0.1) is 10.6 Å². The van der Waals surface area contributed by atoms with E-state index in [1.54, 1.807) is 4.57 Å². The maximum absolute atomic E-state index is 13.0. The molecule has 0 saturated heterocycles. The number of hydrogen-bond donors (Lipinski definition) is 0. The number of carbonyl (C=O) groups excluding carboxylic acids is 1. The predicted molar refractivity (Wildman–Crippen MR) is 114 cm³/mol. The third kappa shape index (κ3) is 5.33. The zero-order chi connectivity index (χ0) is 22.7. The summed E-state index contributed by atoms with van der Waals surface area (Å²) < 4.78 is 58.3. The van der Waals surface area contributed by atoms with Crippen LogP contribution >= 0.6 is 11.8 Å². The second-order valence-electron chi connectivity index (χ2n) is 7.21. The van der Waals surface area contributed by atoms with Gasteiger partial charge in [-0.05, 0) is 61.4 Å². The molecule has 32 heavy (non-hydrogen) atoms. The van der Waals surface area contributed by atoms with E-state index < -0.39 is 21.5 Å². The van der Waals surface area contributed by atoms with Crippen LogP contribution in [-0.2, 0) is 9.84 Å². The van der Waals surface area contributed by atoms with Crippen LogP contribution in [0.25, 0.3) is 0 Å². The van der Waals surface area contributed by atoms with Gasteiger partial charge in [-0.3, -0.25) is 9.36 Å². The molecular weight excluding hydrogens is 460 g/mol. The van der Waals surface area contributed by atoms with Crippen LogP contribution < -0.4 is 4.74 Å². The summed E-state index contributed by atoms with van der Waals surface area (Å²) in [5.41, 5.74) is 0.324. The van der Waals surface area contributed by atoms with E-state index in [9.17, 15) is 22.0 Å². The zero-order valence-electron chi connectivity index (χ0n) is 16.8. The molecule has 0 spiro atoms. The molecule has 2 aromatic carbocycles. The fraction of sp³-hybridized carbons (Fsp3) is 0.286. The first-order chi connectivity index (χ1) is 15.3. The predicted octanol–water partition coefficient (Wildman–Crippen LogP) is 3.72. The van der Waals surface area contributed by atoms with E-state index in [2.05, 4.69) is 10.2 Å². The Morgan fingerprint density at radius 3 is 2.28 bits per heavy atom. The van der Waals surface area contributed by atoms with Gasteiger partial charge >= 0.3 is 6.01 Å². The van der Waals surface area contributed by atoms with Gasteiger partial charge in [-0.2, -0.15) is 0 Å². The van der Waals surface area contributed by atoms with Crippen molar-refractivity contribution in [2.45, 2.75) is 28.9 Å². The molecular formula is C21H19F2N3O4S2. The molecule has 0 amide bonds. The van der Waals surface area contributed by atoms with E-state index in [0.717, 1.165) is 25.0 Å². The summed E-state index contributed by atoms with van der Waals surface area (Å²) in [6.07, 6.45) is 1.81. The van der Waals surface area contributed by atoms with Crippen LogP contribution in [0, 0.1) is 11.6 Å². The normalized spacial score (nSPS) is 13.8. The Bertz CT molecular complexity index is 1210. The van der Waals surface area contributed by atoms with E-state index >= 15 is 0 Å². The van der Waals surface area contributed by atoms with E-state index in [4.69, 9.17) is 4.74 Å². The highest BCUT2D eigenvalue weighted by molar-refractivity contribution is 8.00. The van der Waals surface area contributed by atoms with Crippen molar-refractivity contribution in [1.82, 2.24) is 14.8 Å². The molecule has 0 radical (unpaired) electrons. The highest BCUT2D eigenvalue weighted by atomic mass is 32.2. The summed E-state index contributed by atoms with van der Waals surface area (Å²) in [5.74, 6) is -1.19. The molecule has 1 aliphatic carbocycles. The number of halogens is 2. The molecule has 168 valence electrons. The number of sulfone groups is 1. The van der Waals surface area contributed by atoms with Crippen molar-refractivity contribution >= 4 is 27.4 Å². The maximum Gasteiger partial charge on any atom is 0.318 e. The summed E-state index contributed by atoms with van der Waals surface area (Å²) in [4.78, 5) is 12.3. The van der Waals surface area contributed by atoms with Gasteiger partial charge in [-0.15, -0.1) is 5.10 Å². The van der Waals surface area contributed by atoms with Gasteiger partial charge in [-0.25, -0.2) is 17.2 Å². The largest absolute Gasteiger partial charge is 0.455 e. The van der Waals surface area contributed by atoms with Crippen LogP contribution in [0.1, 0.15) is 29.2 Å². The number of ketones is 1. The molecule has 0 atom stereocenters. The van der Waals surface area contributed by atoms with Gasteiger partial charge in [0.25, 0.3) is 0 Å². The van der Waals surface area contributed by atoms with Gasteiger partial charge in [-0.1, -0.05) is 16.9 Å². The van der Waals surface area contributed by atoms with Crippen molar-refractivity contribution in [3.63, 3.8) is 0 Å². The Hall–Kier alpha value is -2.79. The monoisotopic (exact) mass is 479 g/mol. The summed E-state index contributed by atoms with van der Waals surface area (Å²) in [7, 11) is -3.56. The van der Waals surface area contributed by atoms with Crippen molar-refractivity contribution < 1.29 is 26.7 Å². The Balaban J connectivity index is 1.38. The molecule has 1 fully saturated rings. The van der Waals surface area contributed by atoms with E-state index in [1.165, 1.54) is 48.2 Å². The first kappa shape index (κ1) is 22.4. The lowest BCUT2D eigenvalue weighted by Crippen LogP contribution is -2.14. The first-order valence-electron chi connectivity index (χ1n) is 9.81. The Morgan fingerprint density at radius 2 is 1.66 bits per heavy atom. The molecule has 7 nitrogen and oxygen atoms in total. The molecule has 11 heteroatoms. The van der Waals surface area contributed by atoms with Crippen LogP contribution in [0.5, 0.6) is 6.01 Å². The van der Waals surface area contributed by atoms with E-state index in [-0.39, 0.29) is 40.8 Å². The van der Waals surface area contributed by atoms with E-state index in [0.29, 0.717) is 10.7 Å².